The van der Waals surface area contributed by atoms with Gasteiger partial charge in [-0.2, -0.15) is 9.97 Å². The minimum Gasteiger partial charge on any atom is -0.495 e. The van der Waals surface area contributed by atoms with E-state index in [0.717, 1.165) is 31.9 Å². The molecule has 87 heavy (non-hydrogen) atoms. The molecule has 4 aromatic carbocycles. The molecule has 0 fully saturated rings. The van der Waals surface area contributed by atoms with E-state index < -0.39 is 39.3 Å². The minimum absolute atomic E-state index is 0.0922. The summed E-state index contributed by atoms with van der Waals surface area (Å²) in [6.45, 7) is 3.75. The van der Waals surface area contributed by atoms with Gasteiger partial charge in [0.05, 0.1) is 55.8 Å². The number of hydrogen-bond donors (Lipinski definition) is 1. The Morgan fingerprint density at radius 3 is 1.74 bits per heavy atom. The van der Waals surface area contributed by atoms with E-state index in [9.17, 15) is 33.7 Å². The van der Waals surface area contributed by atoms with Crippen LogP contribution < -0.4 is 4.74 Å². The second-order valence-corrected chi connectivity index (χ2v) is 28.4. The first-order chi connectivity index (χ1) is 41.8. The molecule has 13 rings (SSSR count). The smallest absolute Gasteiger partial charge is 0.229 e. The fourth-order valence-corrected chi connectivity index (χ4v) is 15.3. The van der Waals surface area contributed by atoms with Gasteiger partial charge in [-0.25, -0.2) is 48.6 Å². The Bertz CT molecular complexity index is 5030. The van der Waals surface area contributed by atoms with Crippen LogP contribution in [0.5, 0.6) is 5.75 Å². The number of methoxy groups -OCH3 is 1. The molecule has 25 heteroatoms. The number of aryl methyl sites for hydroxylation is 2. The Balaban J connectivity index is 0.000000136. The second kappa shape index (κ2) is 24.7. The number of benzene rings is 4. The maximum absolute atomic E-state index is 13.0. The molecule has 0 saturated heterocycles. The van der Waals surface area contributed by atoms with Crippen molar-refractivity contribution in [2.45, 2.75) is 55.8 Å². The molecule has 0 aliphatic heterocycles. The van der Waals surface area contributed by atoms with Crippen molar-refractivity contribution in [2.75, 3.05) is 7.11 Å². The number of nitrogens with zero attached hydrogens (tertiary/aromatic N) is 8. The van der Waals surface area contributed by atoms with Crippen molar-refractivity contribution in [3.63, 3.8) is 0 Å². The van der Waals surface area contributed by atoms with Crippen LogP contribution in [0, 0.1) is 13.8 Å². The third-order valence-electron chi connectivity index (χ3n) is 13.2. The van der Waals surface area contributed by atoms with Crippen LogP contribution in [0.15, 0.2) is 235 Å². The van der Waals surface area contributed by atoms with E-state index in [1.165, 1.54) is 48.9 Å². The summed E-state index contributed by atoms with van der Waals surface area (Å²) in [4.78, 5) is 37.1. The highest BCUT2D eigenvalue weighted by molar-refractivity contribution is 7.92. The summed E-state index contributed by atoms with van der Waals surface area (Å²) < 4.78 is 120. The Hall–Kier alpha value is -9.66. The summed E-state index contributed by atoms with van der Waals surface area (Å²) in [5.74, 6) is 0.324. The van der Waals surface area contributed by atoms with Crippen molar-refractivity contribution in [1.29, 1.82) is 0 Å². The Kier molecular flexibility index (Phi) is 16.8. The number of aromatic amines is 1. The van der Waals surface area contributed by atoms with Crippen LogP contribution in [-0.4, -0.2) is 85.6 Å². The third-order valence-corrected chi connectivity index (χ3v) is 20.9. The van der Waals surface area contributed by atoms with Gasteiger partial charge in [0.1, 0.15) is 25.7 Å². The summed E-state index contributed by atoms with van der Waals surface area (Å²) in [6, 6.07) is 45.1. The molecular weight excluding hydrogens is 1210 g/mol. The van der Waals surface area contributed by atoms with E-state index >= 15 is 0 Å². The van der Waals surface area contributed by atoms with Gasteiger partial charge in [0.15, 0.2) is 52.0 Å². The average Bonchev–Trinajstić information content (AvgIpc) is 4.15. The molecule has 13 aromatic rings. The SMILES string of the molecule is COc1ccc(C)cc1S(=O)(=O)Cc1cc(-c2nc3ncccc3o2)ccn1.Cc1ccc(S(=O)(=O)Cc2cc(-c3nc4ncccc4o3)ccn2)cc1.O=S(=O)(Cc1cccc(-c2nc3ccncc3s2)c1)c1ccc(S(=O)(=O)c2ccccc2)[nH]1. The highest BCUT2D eigenvalue weighted by atomic mass is 32.2. The van der Waals surface area contributed by atoms with Crippen molar-refractivity contribution in [3.8, 4) is 39.2 Å². The van der Waals surface area contributed by atoms with Gasteiger partial charge < -0.3 is 18.6 Å². The fourth-order valence-electron chi connectivity index (χ4n) is 8.90. The quantitative estimate of drug-likeness (QED) is 0.0997. The lowest BCUT2D eigenvalue weighted by atomic mass is 10.1. The number of pyridine rings is 5. The number of hydrogen-bond acceptors (Lipinski definition) is 20. The summed E-state index contributed by atoms with van der Waals surface area (Å²) in [5.41, 5.74) is 8.31. The molecule has 0 radical (unpaired) electrons. The zero-order valence-corrected chi connectivity index (χ0v) is 50.4. The lowest BCUT2D eigenvalue weighted by Crippen LogP contribution is -2.08. The van der Waals surface area contributed by atoms with Gasteiger partial charge in [-0.05, 0) is 134 Å². The Labute approximate surface area is 503 Å². The van der Waals surface area contributed by atoms with Crippen LogP contribution in [-0.2, 0) is 56.6 Å². The zero-order valence-electron chi connectivity index (χ0n) is 46.3. The van der Waals surface area contributed by atoms with E-state index in [2.05, 4.69) is 44.9 Å². The van der Waals surface area contributed by atoms with Crippen LogP contribution in [0.25, 0.3) is 66.2 Å². The van der Waals surface area contributed by atoms with Gasteiger partial charge in [0.2, 0.25) is 21.6 Å². The molecule has 0 spiro atoms. The minimum atomic E-state index is -3.84. The first kappa shape index (κ1) is 59.1. The largest absolute Gasteiger partial charge is 0.495 e. The summed E-state index contributed by atoms with van der Waals surface area (Å²) in [7, 11) is -13.3. The molecule has 0 saturated carbocycles. The lowest BCUT2D eigenvalue weighted by molar-refractivity contribution is 0.402. The lowest BCUT2D eigenvalue weighted by Gasteiger charge is -2.10. The number of H-pyrrole nitrogens is 1. The third kappa shape index (κ3) is 13.6. The molecular formula is C62H49N9O11S5. The molecule has 1 N–H and O–H groups in total. The van der Waals surface area contributed by atoms with E-state index in [-0.39, 0.29) is 42.0 Å². The molecule has 20 nitrogen and oxygen atoms in total. The van der Waals surface area contributed by atoms with Crippen LogP contribution >= 0.6 is 11.3 Å². The fraction of sp³-hybridized carbons (Fsp3) is 0.0968. The molecule has 9 heterocycles. The Morgan fingerprint density at radius 2 is 1.11 bits per heavy atom. The molecule has 0 unspecified atom stereocenters. The van der Waals surface area contributed by atoms with Gasteiger partial charge in [0.25, 0.3) is 0 Å². The predicted octanol–water partition coefficient (Wildman–Crippen LogP) is 11.6. The number of aromatic nitrogens is 9. The number of rotatable bonds is 15. The van der Waals surface area contributed by atoms with Gasteiger partial charge in [-0.15, -0.1) is 11.3 Å². The van der Waals surface area contributed by atoms with Crippen molar-refractivity contribution in [2.24, 2.45) is 0 Å². The van der Waals surface area contributed by atoms with Crippen molar-refractivity contribution in [3.05, 3.63) is 229 Å². The second-order valence-electron chi connectivity index (χ2n) is 19.6. The average molecular weight is 1260 g/mol. The molecule has 0 aliphatic carbocycles. The number of ether oxygens (including phenoxy) is 1. The van der Waals surface area contributed by atoms with Gasteiger partial charge in [-0.1, -0.05) is 60.2 Å². The highest BCUT2D eigenvalue weighted by Crippen LogP contribution is 2.33. The molecule has 0 aliphatic rings. The molecule has 9 aromatic heterocycles. The van der Waals surface area contributed by atoms with Crippen LogP contribution in [0.3, 0.4) is 0 Å². The topological polar surface area (TPSA) is 291 Å². The number of thiazole rings is 1. The van der Waals surface area contributed by atoms with Crippen molar-refractivity contribution in [1.82, 2.24) is 44.9 Å². The molecule has 438 valence electrons. The van der Waals surface area contributed by atoms with E-state index in [4.69, 9.17) is 13.6 Å². The van der Waals surface area contributed by atoms with Crippen LogP contribution in [0.4, 0.5) is 0 Å². The van der Waals surface area contributed by atoms with Gasteiger partial charge >= 0.3 is 0 Å². The first-order valence-electron chi connectivity index (χ1n) is 26.3. The standard InChI is InChI=1S/C23H17N3O4S3.C20H17N3O4S.C19H15N3O3S/c27-32(28,21-9-10-22(26-21)33(29,30)18-7-2-1-3-8-18)15-16-5-4-6-17(13-16)23-25-19-11-12-24-14-20(19)31-23;1-13-5-6-16(26-2)18(10-13)28(24,25)12-15-11-14(7-9-21-15)20-23-19-17(27-20)4-3-8-22-19;1-13-4-6-16(7-5-13)26(23,24)12-15-11-14(8-10-20-15)19-22-18-17(25-19)3-2-9-21-18/h1-14,26H,15H2;3-11H,12H2,1-2H3;2-11H,12H2,1H3. The van der Waals surface area contributed by atoms with Crippen LogP contribution in [0.1, 0.15) is 28.1 Å². The highest BCUT2D eigenvalue weighted by Gasteiger charge is 2.26. The number of fused-ring (bicyclic) bond motifs is 3. The monoisotopic (exact) mass is 1260 g/mol. The van der Waals surface area contributed by atoms with Gasteiger partial charge in [-0.3, -0.25) is 15.0 Å². The van der Waals surface area contributed by atoms with Crippen LogP contribution in [0.2, 0.25) is 0 Å². The summed E-state index contributed by atoms with van der Waals surface area (Å²) >= 11 is 1.48. The number of oxazole rings is 2. The van der Waals surface area contributed by atoms with E-state index in [0.29, 0.717) is 68.1 Å². The number of nitrogens with one attached hydrogen (secondary N) is 1. The van der Waals surface area contributed by atoms with Crippen molar-refractivity contribution < 1.29 is 47.2 Å². The number of sulfone groups is 4. The summed E-state index contributed by atoms with van der Waals surface area (Å²) in [5, 5.41) is 0.464. The van der Waals surface area contributed by atoms with Gasteiger partial charge in [0, 0.05) is 53.9 Å². The Morgan fingerprint density at radius 1 is 0.494 bits per heavy atom. The zero-order chi connectivity index (χ0) is 60.9. The maximum Gasteiger partial charge on any atom is 0.229 e. The van der Waals surface area contributed by atoms with Crippen molar-refractivity contribution >= 4 is 83.4 Å². The summed E-state index contributed by atoms with van der Waals surface area (Å²) in [6.07, 6.45) is 9.79. The van der Waals surface area contributed by atoms with E-state index in [1.807, 2.05) is 26.0 Å². The predicted molar refractivity (Wildman–Crippen MR) is 327 cm³/mol. The first-order valence-corrected chi connectivity index (χ1v) is 33.6. The molecule has 0 bridgehead atoms. The van der Waals surface area contributed by atoms with E-state index in [1.54, 1.807) is 158 Å². The molecule has 0 atom stereocenters. The maximum atomic E-state index is 13.0. The normalized spacial score (nSPS) is 11.9. The molecule has 0 amide bonds.